The van der Waals surface area contributed by atoms with Gasteiger partial charge in [0.2, 0.25) is 0 Å². The van der Waals surface area contributed by atoms with Crippen LogP contribution in [-0.4, -0.2) is 19.6 Å². The van der Waals surface area contributed by atoms with E-state index >= 15 is 0 Å². The molecule has 0 aliphatic heterocycles. The van der Waals surface area contributed by atoms with Crippen LogP contribution in [0.5, 0.6) is 0 Å². The molecule has 0 aliphatic rings. The topological polar surface area (TPSA) is 63.2 Å². The zero-order valence-electron chi connectivity index (χ0n) is 15.1. The fourth-order valence-electron chi connectivity index (χ4n) is 2.59. The summed E-state index contributed by atoms with van der Waals surface area (Å²) < 4.78 is 24.3. The van der Waals surface area contributed by atoms with Crippen LogP contribution in [-0.2, 0) is 9.84 Å². The first-order valence-corrected chi connectivity index (χ1v) is 9.98. The first kappa shape index (κ1) is 19.2. The normalized spacial score (nSPS) is 13.0. The van der Waals surface area contributed by atoms with E-state index in [1.54, 1.807) is 26.0 Å². The van der Waals surface area contributed by atoms with Crippen molar-refractivity contribution >= 4 is 15.7 Å². The molecule has 0 saturated heterocycles. The van der Waals surface area contributed by atoms with Gasteiger partial charge in [0.05, 0.1) is 16.2 Å². The fourth-order valence-corrected chi connectivity index (χ4v) is 3.65. The SMILES string of the molecule is CC(C)[C@H](NC(=O)c1ccc(S(=O)(=O)C(C)C)cc1)c1ccccc1. The number of benzene rings is 2. The van der Waals surface area contributed by atoms with Crippen LogP contribution in [0.3, 0.4) is 0 Å². The average molecular weight is 359 g/mol. The van der Waals surface area contributed by atoms with Crippen molar-refractivity contribution in [2.24, 2.45) is 5.92 Å². The summed E-state index contributed by atoms with van der Waals surface area (Å²) in [6, 6.07) is 15.8. The van der Waals surface area contributed by atoms with Crippen molar-refractivity contribution in [1.29, 1.82) is 0 Å². The van der Waals surface area contributed by atoms with Gasteiger partial charge in [-0.1, -0.05) is 44.2 Å². The molecule has 1 amide bonds. The van der Waals surface area contributed by atoms with Gasteiger partial charge < -0.3 is 5.32 Å². The highest BCUT2D eigenvalue weighted by atomic mass is 32.2. The second-order valence-corrected chi connectivity index (χ2v) is 9.23. The molecule has 25 heavy (non-hydrogen) atoms. The first-order valence-electron chi connectivity index (χ1n) is 8.43. The number of sulfone groups is 1. The maximum absolute atomic E-state index is 12.6. The van der Waals surface area contributed by atoms with E-state index in [0.717, 1.165) is 5.56 Å². The Morgan fingerprint density at radius 1 is 0.880 bits per heavy atom. The van der Waals surface area contributed by atoms with E-state index in [1.165, 1.54) is 12.1 Å². The van der Waals surface area contributed by atoms with Gasteiger partial charge in [0, 0.05) is 5.56 Å². The molecule has 0 radical (unpaired) electrons. The van der Waals surface area contributed by atoms with Crippen molar-refractivity contribution in [2.45, 2.75) is 43.9 Å². The Bertz CT molecular complexity index is 810. The van der Waals surface area contributed by atoms with Gasteiger partial charge >= 0.3 is 0 Å². The number of nitrogens with one attached hydrogen (secondary N) is 1. The van der Waals surface area contributed by atoms with E-state index in [4.69, 9.17) is 0 Å². The van der Waals surface area contributed by atoms with E-state index in [0.29, 0.717) is 5.56 Å². The molecule has 0 heterocycles. The highest BCUT2D eigenvalue weighted by Crippen LogP contribution is 2.22. The number of amides is 1. The van der Waals surface area contributed by atoms with Crippen LogP contribution >= 0.6 is 0 Å². The molecule has 0 saturated carbocycles. The highest BCUT2D eigenvalue weighted by molar-refractivity contribution is 7.92. The van der Waals surface area contributed by atoms with E-state index in [1.807, 2.05) is 30.3 Å². The highest BCUT2D eigenvalue weighted by Gasteiger charge is 2.21. The first-order chi connectivity index (χ1) is 11.7. The molecule has 4 nitrogen and oxygen atoms in total. The molecule has 1 atom stereocenters. The average Bonchev–Trinajstić information content (AvgIpc) is 2.59. The Hall–Kier alpha value is -2.14. The standard InChI is InChI=1S/C20H25NO3S/c1-14(2)19(16-8-6-5-7-9-16)21-20(22)17-10-12-18(13-11-17)25(23,24)15(3)4/h5-15,19H,1-4H3,(H,21,22)/t19-/m0/s1. The van der Waals surface area contributed by atoms with Crippen LogP contribution in [0.4, 0.5) is 0 Å². The Labute approximate surface area is 150 Å². The predicted molar refractivity (Wildman–Crippen MR) is 100 cm³/mol. The molecule has 0 bridgehead atoms. The minimum atomic E-state index is -3.33. The molecule has 2 aromatic carbocycles. The molecular weight excluding hydrogens is 334 g/mol. The van der Waals surface area contributed by atoms with Crippen molar-refractivity contribution in [3.63, 3.8) is 0 Å². The Kier molecular flexibility index (Phi) is 6.01. The smallest absolute Gasteiger partial charge is 0.251 e. The van der Waals surface area contributed by atoms with E-state index in [2.05, 4.69) is 19.2 Å². The van der Waals surface area contributed by atoms with Crippen LogP contribution in [0.15, 0.2) is 59.5 Å². The van der Waals surface area contributed by atoms with Gasteiger partial charge in [0.1, 0.15) is 0 Å². The summed E-state index contributed by atoms with van der Waals surface area (Å²) in [6.45, 7) is 7.39. The zero-order valence-corrected chi connectivity index (χ0v) is 15.9. The summed E-state index contributed by atoms with van der Waals surface area (Å²) >= 11 is 0. The number of hydrogen-bond acceptors (Lipinski definition) is 3. The Morgan fingerprint density at radius 2 is 1.44 bits per heavy atom. The van der Waals surface area contributed by atoms with Crippen molar-refractivity contribution in [3.05, 3.63) is 65.7 Å². The predicted octanol–water partition coefficient (Wildman–Crippen LogP) is 4.00. The van der Waals surface area contributed by atoms with Gasteiger partial charge in [-0.3, -0.25) is 4.79 Å². The summed E-state index contributed by atoms with van der Waals surface area (Å²) in [5, 5.41) is 2.55. The Morgan fingerprint density at radius 3 is 1.92 bits per heavy atom. The minimum absolute atomic E-state index is 0.104. The van der Waals surface area contributed by atoms with Gasteiger partial charge in [0.15, 0.2) is 9.84 Å². The van der Waals surface area contributed by atoms with Gasteiger partial charge in [0.25, 0.3) is 5.91 Å². The van der Waals surface area contributed by atoms with Gasteiger partial charge in [-0.05, 0) is 49.6 Å². The minimum Gasteiger partial charge on any atom is -0.345 e. The molecule has 0 unspecified atom stereocenters. The van der Waals surface area contributed by atoms with Crippen LogP contribution in [0.1, 0.15) is 49.7 Å². The summed E-state index contributed by atoms with van der Waals surface area (Å²) in [4.78, 5) is 12.8. The Balaban J connectivity index is 2.20. The zero-order chi connectivity index (χ0) is 18.6. The second-order valence-electron chi connectivity index (χ2n) is 6.72. The molecular formula is C20H25NO3S. The van der Waals surface area contributed by atoms with Crippen molar-refractivity contribution in [2.75, 3.05) is 0 Å². The quantitative estimate of drug-likeness (QED) is 0.848. The summed E-state index contributed by atoms with van der Waals surface area (Å²) in [6.07, 6.45) is 0. The number of hydrogen-bond donors (Lipinski definition) is 1. The van der Waals surface area contributed by atoms with E-state index in [9.17, 15) is 13.2 Å². The van der Waals surface area contributed by atoms with Gasteiger partial charge in [-0.15, -0.1) is 0 Å². The third kappa shape index (κ3) is 4.48. The molecule has 2 rings (SSSR count). The molecule has 0 spiro atoms. The lowest BCUT2D eigenvalue weighted by atomic mass is 9.95. The fraction of sp³-hybridized carbons (Fsp3) is 0.350. The maximum Gasteiger partial charge on any atom is 0.251 e. The molecule has 0 aliphatic carbocycles. The third-order valence-electron chi connectivity index (χ3n) is 4.18. The largest absolute Gasteiger partial charge is 0.345 e. The molecule has 134 valence electrons. The lowest BCUT2D eigenvalue weighted by Crippen LogP contribution is -2.31. The number of carbonyl (C=O) groups excluding carboxylic acids is 1. The van der Waals surface area contributed by atoms with Crippen molar-refractivity contribution < 1.29 is 13.2 Å². The summed E-state index contributed by atoms with van der Waals surface area (Å²) in [7, 11) is -3.33. The van der Waals surface area contributed by atoms with Gasteiger partial charge in [-0.2, -0.15) is 0 Å². The summed E-state index contributed by atoms with van der Waals surface area (Å²) in [5.74, 6) is 0.0167. The third-order valence-corrected chi connectivity index (χ3v) is 6.35. The number of carbonyl (C=O) groups is 1. The maximum atomic E-state index is 12.6. The molecule has 2 aromatic rings. The number of rotatable bonds is 6. The lowest BCUT2D eigenvalue weighted by molar-refractivity contribution is 0.0925. The van der Waals surface area contributed by atoms with Gasteiger partial charge in [-0.25, -0.2) is 8.42 Å². The van der Waals surface area contributed by atoms with Crippen LogP contribution < -0.4 is 5.32 Å². The van der Waals surface area contributed by atoms with Crippen molar-refractivity contribution in [3.8, 4) is 0 Å². The molecule has 0 fully saturated rings. The monoisotopic (exact) mass is 359 g/mol. The lowest BCUT2D eigenvalue weighted by Gasteiger charge is -2.23. The van der Waals surface area contributed by atoms with Crippen LogP contribution in [0.2, 0.25) is 0 Å². The van der Waals surface area contributed by atoms with Crippen LogP contribution in [0.25, 0.3) is 0 Å². The summed E-state index contributed by atoms with van der Waals surface area (Å²) in [5.41, 5.74) is 1.49. The second kappa shape index (κ2) is 7.83. The molecule has 5 heteroatoms. The van der Waals surface area contributed by atoms with E-state index < -0.39 is 15.1 Å². The molecule has 0 aromatic heterocycles. The van der Waals surface area contributed by atoms with Crippen molar-refractivity contribution in [1.82, 2.24) is 5.32 Å². The molecule has 1 N–H and O–H groups in total. The van der Waals surface area contributed by atoms with E-state index in [-0.39, 0.29) is 22.8 Å². The van der Waals surface area contributed by atoms with Crippen LogP contribution in [0, 0.1) is 5.92 Å².